The zero-order valence-corrected chi connectivity index (χ0v) is 16.0. The first-order chi connectivity index (χ1) is 11.9. The SMILES string of the molecule is CCCC(CC)C(=O)Oc1ccc(C(=O)OCCC(C)C)cc1OC. The standard InChI is InChI=1S/C20H30O5/c1-6-8-15(7-2)20(22)25-17-10-9-16(13-18(17)23-5)19(21)24-12-11-14(3)4/h9-10,13-15H,6-8,11-12H2,1-5H3. The summed E-state index contributed by atoms with van der Waals surface area (Å²) in [6.07, 6.45) is 3.26. The molecule has 0 saturated carbocycles. The van der Waals surface area contributed by atoms with Gasteiger partial charge in [0.25, 0.3) is 0 Å². The van der Waals surface area contributed by atoms with Crippen LogP contribution < -0.4 is 9.47 Å². The monoisotopic (exact) mass is 350 g/mol. The molecular formula is C20H30O5. The van der Waals surface area contributed by atoms with Gasteiger partial charge in [-0.2, -0.15) is 0 Å². The van der Waals surface area contributed by atoms with Crippen molar-refractivity contribution in [3.63, 3.8) is 0 Å². The average molecular weight is 350 g/mol. The minimum atomic E-state index is -0.408. The molecule has 1 rings (SSSR count). The Labute approximate surface area is 150 Å². The van der Waals surface area contributed by atoms with E-state index in [1.165, 1.54) is 7.11 Å². The van der Waals surface area contributed by atoms with E-state index in [-0.39, 0.29) is 11.9 Å². The van der Waals surface area contributed by atoms with Gasteiger partial charge in [0.1, 0.15) is 0 Å². The molecule has 0 heterocycles. The van der Waals surface area contributed by atoms with Crippen molar-refractivity contribution in [3.05, 3.63) is 23.8 Å². The van der Waals surface area contributed by atoms with E-state index in [2.05, 4.69) is 13.8 Å². The molecule has 0 aliphatic carbocycles. The molecule has 0 spiro atoms. The minimum Gasteiger partial charge on any atom is -0.493 e. The number of rotatable bonds is 10. The van der Waals surface area contributed by atoms with Crippen molar-refractivity contribution in [2.75, 3.05) is 13.7 Å². The van der Waals surface area contributed by atoms with E-state index in [1.807, 2.05) is 13.8 Å². The maximum atomic E-state index is 12.3. The second kappa shape index (κ2) is 10.7. The fraction of sp³-hybridized carbons (Fsp3) is 0.600. The summed E-state index contributed by atoms with van der Waals surface area (Å²) in [5, 5.41) is 0. The van der Waals surface area contributed by atoms with Crippen LogP contribution >= 0.6 is 0 Å². The van der Waals surface area contributed by atoms with Crippen LogP contribution in [-0.2, 0) is 9.53 Å². The number of ether oxygens (including phenoxy) is 3. The van der Waals surface area contributed by atoms with E-state index in [0.717, 1.165) is 25.7 Å². The zero-order valence-electron chi connectivity index (χ0n) is 16.0. The molecule has 0 aliphatic heterocycles. The number of hydrogen-bond acceptors (Lipinski definition) is 5. The van der Waals surface area contributed by atoms with E-state index in [0.29, 0.717) is 29.6 Å². The van der Waals surface area contributed by atoms with Gasteiger partial charge in [-0.05, 0) is 43.4 Å². The van der Waals surface area contributed by atoms with Gasteiger partial charge in [0.15, 0.2) is 11.5 Å². The quantitative estimate of drug-likeness (QED) is 0.455. The summed E-state index contributed by atoms with van der Waals surface area (Å²) in [6, 6.07) is 4.71. The first kappa shape index (κ1) is 21.0. The van der Waals surface area contributed by atoms with E-state index >= 15 is 0 Å². The maximum Gasteiger partial charge on any atom is 0.338 e. The minimum absolute atomic E-state index is 0.129. The molecule has 5 nitrogen and oxygen atoms in total. The van der Waals surface area contributed by atoms with Crippen molar-refractivity contribution in [2.24, 2.45) is 11.8 Å². The topological polar surface area (TPSA) is 61.8 Å². The Morgan fingerprint density at radius 1 is 1.08 bits per heavy atom. The molecule has 1 aromatic rings. The molecule has 0 radical (unpaired) electrons. The average Bonchev–Trinajstić information content (AvgIpc) is 2.59. The largest absolute Gasteiger partial charge is 0.493 e. The van der Waals surface area contributed by atoms with Crippen LogP contribution in [0.2, 0.25) is 0 Å². The summed E-state index contributed by atoms with van der Waals surface area (Å²) < 4.78 is 16.0. The Kier molecular flexibility index (Phi) is 9.03. The van der Waals surface area contributed by atoms with Gasteiger partial charge in [-0.15, -0.1) is 0 Å². The molecular weight excluding hydrogens is 320 g/mol. The zero-order chi connectivity index (χ0) is 18.8. The molecule has 1 unspecified atom stereocenters. The lowest BCUT2D eigenvalue weighted by atomic mass is 10.0. The molecule has 0 aromatic heterocycles. The van der Waals surface area contributed by atoms with Crippen molar-refractivity contribution in [1.82, 2.24) is 0 Å². The Hall–Kier alpha value is -2.04. The number of hydrogen-bond donors (Lipinski definition) is 0. The Balaban J connectivity index is 2.80. The smallest absolute Gasteiger partial charge is 0.338 e. The molecule has 1 aromatic carbocycles. The van der Waals surface area contributed by atoms with Crippen molar-refractivity contribution in [2.45, 2.75) is 53.4 Å². The van der Waals surface area contributed by atoms with Crippen LogP contribution in [0.15, 0.2) is 18.2 Å². The molecule has 0 bridgehead atoms. The third-order valence-electron chi connectivity index (χ3n) is 4.00. The number of carbonyl (C=O) groups excluding carboxylic acids is 2. The van der Waals surface area contributed by atoms with E-state index in [1.54, 1.807) is 18.2 Å². The normalized spacial score (nSPS) is 11.9. The molecule has 0 saturated heterocycles. The van der Waals surface area contributed by atoms with Gasteiger partial charge in [0, 0.05) is 0 Å². The summed E-state index contributed by atoms with van der Waals surface area (Å²) >= 11 is 0. The summed E-state index contributed by atoms with van der Waals surface area (Å²) in [4.78, 5) is 24.3. The molecule has 0 N–H and O–H groups in total. The lowest BCUT2D eigenvalue weighted by Gasteiger charge is -2.15. The van der Waals surface area contributed by atoms with E-state index in [4.69, 9.17) is 14.2 Å². The second-order valence-corrected chi connectivity index (χ2v) is 6.50. The summed E-state index contributed by atoms with van der Waals surface area (Å²) in [5.41, 5.74) is 0.376. The molecule has 25 heavy (non-hydrogen) atoms. The number of benzene rings is 1. The van der Waals surface area contributed by atoms with Gasteiger partial charge in [0.05, 0.1) is 25.2 Å². The van der Waals surface area contributed by atoms with E-state index in [9.17, 15) is 9.59 Å². The van der Waals surface area contributed by atoms with Crippen LogP contribution in [0.3, 0.4) is 0 Å². The number of carbonyl (C=O) groups is 2. The van der Waals surface area contributed by atoms with Crippen LogP contribution in [-0.4, -0.2) is 25.7 Å². The lowest BCUT2D eigenvalue weighted by Crippen LogP contribution is -2.20. The van der Waals surface area contributed by atoms with E-state index < -0.39 is 5.97 Å². The van der Waals surface area contributed by atoms with Crippen molar-refractivity contribution in [3.8, 4) is 11.5 Å². The molecule has 5 heteroatoms. The van der Waals surface area contributed by atoms with Crippen molar-refractivity contribution >= 4 is 11.9 Å². The third kappa shape index (κ3) is 6.77. The summed E-state index contributed by atoms with van der Waals surface area (Å²) in [7, 11) is 1.48. The first-order valence-corrected chi connectivity index (χ1v) is 8.99. The van der Waals surface area contributed by atoms with Gasteiger partial charge in [0.2, 0.25) is 0 Å². The highest BCUT2D eigenvalue weighted by atomic mass is 16.6. The van der Waals surface area contributed by atoms with Gasteiger partial charge >= 0.3 is 11.9 Å². The molecule has 0 fully saturated rings. The van der Waals surface area contributed by atoms with Crippen molar-refractivity contribution < 1.29 is 23.8 Å². The third-order valence-corrected chi connectivity index (χ3v) is 4.00. The fourth-order valence-electron chi connectivity index (χ4n) is 2.38. The van der Waals surface area contributed by atoms with Gasteiger partial charge in [-0.3, -0.25) is 4.79 Å². The lowest BCUT2D eigenvalue weighted by molar-refractivity contribution is -0.139. The van der Waals surface area contributed by atoms with Gasteiger partial charge in [-0.1, -0.05) is 34.1 Å². The van der Waals surface area contributed by atoms with Crippen LogP contribution in [0.1, 0.15) is 63.7 Å². The highest BCUT2D eigenvalue weighted by Crippen LogP contribution is 2.30. The first-order valence-electron chi connectivity index (χ1n) is 8.99. The predicted molar refractivity (Wildman–Crippen MR) is 97.1 cm³/mol. The van der Waals surface area contributed by atoms with Crippen molar-refractivity contribution in [1.29, 1.82) is 0 Å². The maximum absolute atomic E-state index is 12.3. The molecule has 0 aliphatic rings. The fourth-order valence-corrected chi connectivity index (χ4v) is 2.38. The van der Waals surface area contributed by atoms with Crippen LogP contribution in [0, 0.1) is 11.8 Å². The Bertz CT molecular complexity index is 565. The Morgan fingerprint density at radius 3 is 2.36 bits per heavy atom. The highest BCUT2D eigenvalue weighted by molar-refractivity contribution is 5.90. The van der Waals surface area contributed by atoms with Crippen LogP contribution in [0.25, 0.3) is 0 Å². The van der Waals surface area contributed by atoms with Gasteiger partial charge < -0.3 is 14.2 Å². The van der Waals surface area contributed by atoms with Gasteiger partial charge in [-0.25, -0.2) is 4.79 Å². The Morgan fingerprint density at radius 2 is 1.80 bits per heavy atom. The second-order valence-electron chi connectivity index (χ2n) is 6.50. The number of methoxy groups -OCH3 is 1. The highest BCUT2D eigenvalue weighted by Gasteiger charge is 2.20. The number of esters is 2. The molecule has 140 valence electrons. The summed E-state index contributed by atoms with van der Waals surface area (Å²) in [6.45, 7) is 8.53. The molecule has 1 atom stereocenters. The van der Waals surface area contributed by atoms with Crippen LogP contribution in [0.4, 0.5) is 0 Å². The predicted octanol–water partition coefficient (Wildman–Crippen LogP) is 4.63. The molecule has 0 amide bonds. The summed E-state index contributed by atoms with van der Waals surface area (Å²) in [5.74, 6) is 0.331. The van der Waals surface area contributed by atoms with Crippen LogP contribution in [0.5, 0.6) is 11.5 Å².